The van der Waals surface area contributed by atoms with E-state index in [2.05, 4.69) is 33.9 Å². The standard InChI is InChI=1S/C13H22O5Si/c1-13(2,3)19(4,5)18-12-9(7-14)16-8-6-10(15)17-11(8)12/h7-9,11-12H,6H2,1-5H3/t8-,9-,11+,12+/m1/s1. The zero-order valence-electron chi connectivity index (χ0n) is 12.1. The lowest BCUT2D eigenvalue weighted by Crippen LogP contribution is -2.49. The molecule has 19 heavy (non-hydrogen) atoms. The summed E-state index contributed by atoms with van der Waals surface area (Å²) in [6, 6.07) is 0. The number of aldehydes is 1. The van der Waals surface area contributed by atoms with Gasteiger partial charge in [-0.25, -0.2) is 0 Å². The van der Waals surface area contributed by atoms with Crippen molar-refractivity contribution in [1.82, 2.24) is 0 Å². The second-order valence-electron chi connectivity index (χ2n) is 6.78. The molecule has 0 unspecified atom stereocenters. The summed E-state index contributed by atoms with van der Waals surface area (Å²) >= 11 is 0. The molecule has 0 N–H and O–H groups in total. The molecule has 0 amide bonds. The van der Waals surface area contributed by atoms with Gasteiger partial charge in [-0.3, -0.25) is 4.79 Å². The van der Waals surface area contributed by atoms with Gasteiger partial charge in [0.2, 0.25) is 0 Å². The van der Waals surface area contributed by atoms with Crippen LogP contribution in [0.4, 0.5) is 0 Å². The number of esters is 1. The first-order valence-electron chi connectivity index (χ1n) is 6.64. The third-order valence-electron chi connectivity index (χ3n) is 4.35. The molecule has 2 fully saturated rings. The number of carbonyl (C=O) groups excluding carboxylic acids is 2. The van der Waals surface area contributed by atoms with Gasteiger partial charge in [0.05, 0.1) is 6.42 Å². The van der Waals surface area contributed by atoms with E-state index in [0.717, 1.165) is 6.29 Å². The first kappa shape index (κ1) is 14.7. The van der Waals surface area contributed by atoms with E-state index in [-0.39, 0.29) is 23.5 Å². The Bertz CT molecular complexity index is 387. The highest BCUT2D eigenvalue weighted by molar-refractivity contribution is 6.74. The number of carbonyl (C=O) groups is 2. The van der Waals surface area contributed by atoms with Crippen LogP contribution in [0.1, 0.15) is 27.2 Å². The number of ether oxygens (including phenoxy) is 2. The fraction of sp³-hybridized carbons (Fsp3) is 0.846. The Hall–Kier alpha value is -0.723. The maximum absolute atomic E-state index is 11.3. The monoisotopic (exact) mass is 286 g/mol. The third-order valence-corrected chi connectivity index (χ3v) is 8.83. The van der Waals surface area contributed by atoms with Crippen molar-refractivity contribution < 1.29 is 23.5 Å². The molecule has 5 nitrogen and oxygen atoms in total. The van der Waals surface area contributed by atoms with E-state index in [1.165, 1.54) is 0 Å². The summed E-state index contributed by atoms with van der Waals surface area (Å²) in [5.41, 5.74) is 0. The van der Waals surface area contributed by atoms with Gasteiger partial charge in [0.15, 0.2) is 20.7 Å². The SMILES string of the molecule is CC(C)(C)[Si](C)(C)O[C@@H]1[C@H]2OC(=O)C[C@H]2O[C@@H]1C=O. The highest BCUT2D eigenvalue weighted by Crippen LogP contribution is 2.41. The minimum Gasteiger partial charge on any atom is -0.457 e. The molecule has 2 rings (SSSR count). The van der Waals surface area contributed by atoms with E-state index in [0.29, 0.717) is 0 Å². The Morgan fingerprint density at radius 3 is 2.53 bits per heavy atom. The first-order valence-corrected chi connectivity index (χ1v) is 9.54. The Morgan fingerprint density at radius 2 is 2.00 bits per heavy atom. The number of hydrogen-bond donors (Lipinski definition) is 0. The van der Waals surface area contributed by atoms with Gasteiger partial charge in [-0.2, -0.15) is 0 Å². The van der Waals surface area contributed by atoms with Crippen molar-refractivity contribution in [3.63, 3.8) is 0 Å². The fourth-order valence-electron chi connectivity index (χ4n) is 2.19. The van der Waals surface area contributed by atoms with Crippen molar-refractivity contribution in [3.8, 4) is 0 Å². The van der Waals surface area contributed by atoms with Gasteiger partial charge in [0, 0.05) is 0 Å². The Balaban J connectivity index is 2.17. The van der Waals surface area contributed by atoms with Gasteiger partial charge in [0.25, 0.3) is 0 Å². The predicted octanol–water partition coefficient (Wildman–Crippen LogP) is 1.66. The molecule has 0 spiro atoms. The normalized spacial score (nSPS) is 35.1. The van der Waals surface area contributed by atoms with E-state index in [9.17, 15) is 9.59 Å². The van der Waals surface area contributed by atoms with E-state index in [4.69, 9.17) is 13.9 Å². The highest BCUT2D eigenvalue weighted by atomic mass is 28.4. The molecule has 0 aromatic carbocycles. The van der Waals surface area contributed by atoms with Crippen LogP contribution < -0.4 is 0 Å². The average molecular weight is 286 g/mol. The van der Waals surface area contributed by atoms with E-state index < -0.39 is 26.6 Å². The first-order chi connectivity index (χ1) is 8.65. The van der Waals surface area contributed by atoms with Crippen LogP contribution in [0, 0.1) is 0 Å². The molecule has 0 aromatic rings. The predicted molar refractivity (Wildman–Crippen MR) is 71.3 cm³/mol. The zero-order chi connectivity index (χ0) is 14.4. The van der Waals surface area contributed by atoms with Crippen molar-refractivity contribution in [1.29, 1.82) is 0 Å². The smallest absolute Gasteiger partial charge is 0.309 e. The summed E-state index contributed by atoms with van der Waals surface area (Å²) in [7, 11) is -2.04. The van der Waals surface area contributed by atoms with Crippen LogP contribution in [0.5, 0.6) is 0 Å². The van der Waals surface area contributed by atoms with Gasteiger partial charge in [-0.1, -0.05) is 20.8 Å². The number of rotatable bonds is 3. The van der Waals surface area contributed by atoms with Crippen LogP contribution >= 0.6 is 0 Å². The van der Waals surface area contributed by atoms with Crippen LogP contribution in [0.25, 0.3) is 0 Å². The Labute approximate surface area is 114 Å². The molecule has 2 aliphatic rings. The molecule has 108 valence electrons. The lowest BCUT2D eigenvalue weighted by Gasteiger charge is -2.39. The van der Waals surface area contributed by atoms with Crippen LogP contribution in [-0.2, 0) is 23.5 Å². The minimum absolute atomic E-state index is 0.0289. The molecule has 2 heterocycles. The maximum Gasteiger partial charge on any atom is 0.309 e. The molecule has 6 heteroatoms. The molecule has 2 saturated heterocycles. The maximum atomic E-state index is 11.3. The lowest BCUT2D eigenvalue weighted by molar-refractivity contribution is -0.146. The second kappa shape index (κ2) is 4.68. The van der Waals surface area contributed by atoms with Crippen molar-refractivity contribution in [3.05, 3.63) is 0 Å². The summed E-state index contributed by atoms with van der Waals surface area (Å²) in [4.78, 5) is 22.5. The topological polar surface area (TPSA) is 61.8 Å². The molecular formula is C13H22O5Si. The molecule has 0 aromatic heterocycles. The third kappa shape index (κ3) is 2.61. The van der Waals surface area contributed by atoms with Crippen molar-refractivity contribution in [2.24, 2.45) is 0 Å². The summed E-state index contributed by atoms with van der Waals surface area (Å²) in [5.74, 6) is -0.275. The summed E-state index contributed by atoms with van der Waals surface area (Å²) < 4.78 is 17.1. The van der Waals surface area contributed by atoms with Gasteiger partial charge in [-0.15, -0.1) is 0 Å². The zero-order valence-corrected chi connectivity index (χ0v) is 13.1. The molecule has 0 radical (unpaired) electrons. The van der Waals surface area contributed by atoms with E-state index in [1.54, 1.807) is 0 Å². The average Bonchev–Trinajstić information content (AvgIpc) is 2.74. The Morgan fingerprint density at radius 1 is 1.37 bits per heavy atom. The molecular weight excluding hydrogens is 264 g/mol. The molecule has 2 aliphatic heterocycles. The van der Waals surface area contributed by atoms with Crippen molar-refractivity contribution in [2.45, 2.75) is 69.7 Å². The Kier molecular flexibility index (Phi) is 3.62. The number of hydrogen-bond acceptors (Lipinski definition) is 5. The summed E-state index contributed by atoms with van der Waals surface area (Å²) in [6.07, 6.45) is -0.891. The van der Waals surface area contributed by atoms with Gasteiger partial charge < -0.3 is 18.7 Å². The number of fused-ring (bicyclic) bond motifs is 1. The van der Waals surface area contributed by atoms with Crippen LogP contribution in [0.2, 0.25) is 18.1 Å². The largest absolute Gasteiger partial charge is 0.457 e. The van der Waals surface area contributed by atoms with Crippen LogP contribution in [0.3, 0.4) is 0 Å². The summed E-state index contributed by atoms with van der Waals surface area (Å²) in [6.45, 7) is 10.6. The minimum atomic E-state index is -2.04. The van der Waals surface area contributed by atoms with Gasteiger partial charge in [-0.05, 0) is 18.1 Å². The second-order valence-corrected chi connectivity index (χ2v) is 11.5. The van der Waals surface area contributed by atoms with Crippen molar-refractivity contribution in [2.75, 3.05) is 0 Å². The van der Waals surface area contributed by atoms with Crippen LogP contribution in [0.15, 0.2) is 0 Å². The fourth-order valence-corrected chi connectivity index (χ4v) is 3.49. The lowest BCUT2D eigenvalue weighted by atomic mass is 10.1. The molecule has 0 saturated carbocycles. The molecule has 4 atom stereocenters. The molecule has 0 aliphatic carbocycles. The van der Waals surface area contributed by atoms with Crippen molar-refractivity contribution >= 4 is 20.6 Å². The molecule has 0 bridgehead atoms. The summed E-state index contributed by atoms with van der Waals surface area (Å²) in [5, 5.41) is 0.0289. The van der Waals surface area contributed by atoms with Gasteiger partial charge >= 0.3 is 5.97 Å². The highest BCUT2D eigenvalue weighted by Gasteiger charge is 2.55. The van der Waals surface area contributed by atoms with E-state index >= 15 is 0 Å². The van der Waals surface area contributed by atoms with E-state index in [1.807, 2.05) is 0 Å². The van der Waals surface area contributed by atoms with Gasteiger partial charge in [0.1, 0.15) is 18.3 Å². The van der Waals surface area contributed by atoms with Crippen LogP contribution in [-0.4, -0.2) is 45.0 Å². The quantitative estimate of drug-likeness (QED) is 0.448.